The topological polar surface area (TPSA) is 58.6 Å². The molecule has 1 aliphatic rings. The van der Waals surface area contributed by atoms with Gasteiger partial charge in [0, 0.05) is 24.9 Å². The lowest BCUT2D eigenvalue weighted by molar-refractivity contribution is -0.124. The van der Waals surface area contributed by atoms with E-state index in [1.54, 1.807) is 48.3 Å². The molecule has 1 aliphatic heterocycles. The van der Waals surface area contributed by atoms with E-state index in [9.17, 15) is 14.0 Å². The summed E-state index contributed by atoms with van der Waals surface area (Å²) in [4.78, 5) is 26.6. The van der Waals surface area contributed by atoms with Crippen LogP contribution in [0.15, 0.2) is 48.5 Å². The van der Waals surface area contributed by atoms with Crippen LogP contribution in [0, 0.1) is 5.82 Å². The van der Waals surface area contributed by atoms with Crippen LogP contribution in [-0.2, 0) is 9.53 Å². The molecule has 0 aliphatic carbocycles. The summed E-state index contributed by atoms with van der Waals surface area (Å²) in [5.41, 5.74) is 1.87. The first-order valence-corrected chi connectivity index (χ1v) is 9.01. The van der Waals surface area contributed by atoms with Crippen molar-refractivity contribution in [1.29, 1.82) is 0 Å². The van der Waals surface area contributed by atoms with E-state index in [-0.39, 0.29) is 23.7 Å². The van der Waals surface area contributed by atoms with E-state index >= 15 is 0 Å². The number of anilines is 1. The molecule has 5 nitrogen and oxygen atoms in total. The predicted molar refractivity (Wildman–Crippen MR) is 101 cm³/mol. The number of hydrogen-bond acceptors (Lipinski definition) is 3. The molecule has 2 atom stereocenters. The molecule has 2 aromatic carbocycles. The number of hydrogen-bond donors (Lipinski definition) is 1. The highest BCUT2D eigenvalue weighted by Gasteiger charge is 2.24. The Kier molecular flexibility index (Phi) is 5.86. The molecule has 1 heterocycles. The largest absolute Gasteiger partial charge is 0.368 e. The van der Waals surface area contributed by atoms with Crippen molar-refractivity contribution in [2.24, 2.45) is 0 Å². The van der Waals surface area contributed by atoms with E-state index in [0.29, 0.717) is 24.3 Å². The lowest BCUT2D eigenvalue weighted by atomic mass is 10.1. The van der Waals surface area contributed by atoms with Crippen LogP contribution in [0.1, 0.15) is 41.7 Å². The van der Waals surface area contributed by atoms with E-state index in [1.165, 1.54) is 12.1 Å². The molecule has 3 rings (SSSR count). The zero-order valence-electron chi connectivity index (χ0n) is 15.4. The van der Waals surface area contributed by atoms with Crippen LogP contribution < -0.4 is 5.32 Å². The van der Waals surface area contributed by atoms with Gasteiger partial charge in [0.25, 0.3) is 11.8 Å². The van der Waals surface area contributed by atoms with Gasteiger partial charge in [-0.25, -0.2) is 4.39 Å². The lowest BCUT2D eigenvalue weighted by Gasteiger charge is -2.25. The fraction of sp³-hybridized carbons (Fsp3) is 0.333. The normalized spacial score (nSPS) is 17.4. The van der Waals surface area contributed by atoms with Gasteiger partial charge in [0.1, 0.15) is 11.9 Å². The molecule has 0 unspecified atom stereocenters. The van der Waals surface area contributed by atoms with Gasteiger partial charge in [-0.15, -0.1) is 0 Å². The summed E-state index contributed by atoms with van der Waals surface area (Å²) < 4.78 is 18.5. The van der Waals surface area contributed by atoms with Crippen molar-refractivity contribution in [3.05, 3.63) is 65.5 Å². The minimum absolute atomic E-state index is 0.181. The van der Waals surface area contributed by atoms with Crippen LogP contribution in [0.2, 0.25) is 0 Å². The van der Waals surface area contributed by atoms with Crippen LogP contribution in [0.5, 0.6) is 0 Å². The van der Waals surface area contributed by atoms with E-state index in [0.717, 1.165) is 12.0 Å². The fourth-order valence-corrected chi connectivity index (χ4v) is 3.08. The molecule has 0 aromatic heterocycles. The van der Waals surface area contributed by atoms with Crippen LogP contribution in [0.25, 0.3) is 0 Å². The number of nitrogens with zero attached hydrogens (tertiary/aromatic N) is 1. The molecule has 2 aromatic rings. The van der Waals surface area contributed by atoms with Gasteiger partial charge in [-0.1, -0.05) is 18.2 Å². The van der Waals surface area contributed by atoms with Crippen LogP contribution in [-0.4, -0.2) is 36.5 Å². The molecule has 1 N–H and O–H groups in total. The first-order valence-electron chi connectivity index (χ1n) is 9.01. The van der Waals surface area contributed by atoms with Gasteiger partial charge in [-0.2, -0.15) is 0 Å². The Morgan fingerprint density at radius 3 is 2.63 bits per heavy atom. The third kappa shape index (κ3) is 4.52. The van der Waals surface area contributed by atoms with Gasteiger partial charge < -0.3 is 15.0 Å². The molecule has 1 saturated heterocycles. The molecular formula is C21H23FN2O3. The SMILES string of the molecule is C[C@H](c1ccc(F)cc1)N(C)C(=O)c1cccc(NC(=O)[C@H]2CCCO2)c1. The third-order valence-electron chi connectivity index (χ3n) is 4.85. The molecular weight excluding hydrogens is 347 g/mol. The maximum absolute atomic E-state index is 13.1. The van der Waals surface area contributed by atoms with E-state index < -0.39 is 6.10 Å². The Balaban J connectivity index is 1.70. The van der Waals surface area contributed by atoms with Gasteiger partial charge in [-0.05, 0) is 55.7 Å². The second-order valence-electron chi connectivity index (χ2n) is 6.72. The molecule has 0 spiro atoms. The first kappa shape index (κ1) is 19.0. The molecule has 142 valence electrons. The Hall–Kier alpha value is -2.73. The Bertz CT molecular complexity index is 816. The van der Waals surface area contributed by atoms with Gasteiger partial charge in [0.15, 0.2) is 0 Å². The molecule has 0 bridgehead atoms. The Labute approximate surface area is 158 Å². The molecule has 2 amide bonds. The summed E-state index contributed by atoms with van der Waals surface area (Å²) >= 11 is 0. The summed E-state index contributed by atoms with van der Waals surface area (Å²) in [5.74, 6) is -0.681. The first-order chi connectivity index (χ1) is 13.0. The standard InChI is InChI=1S/C21H23FN2O3/c1-14(15-8-10-17(22)11-9-15)24(2)21(26)16-5-3-6-18(13-16)23-20(25)19-7-4-12-27-19/h3,5-6,8-11,13-14,19H,4,7,12H2,1-2H3,(H,23,25)/t14-,19-/m1/s1. The van der Waals surface area contributed by atoms with Crippen molar-refractivity contribution in [3.8, 4) is 0 Å². The van der Waals surface area contributed by atoms with Crippen LogP contribution in [0.4, 0.5) is 10.1 Å². The maximum atomic E-state index is 13.1. The Morgan fingerprint density at radius 1 is 1.22 bits per heavy atom. The minimum Gasteiger partial charge on any atom is -0.368 e. The van der Waals surface area contributed by atoms with Crippen LogP contribution >= 0.6 is 0 Å². The number of carbonyl (C=O) groups is 2. The van der Waals surface area contributed by atoms with Gasteiger partial charge in [-0.3, -0.25) is 9.59 Å². The zero-order valence-corrected chi connectivity index (χ0v) is 15.4. The van der Waals surface area contributed by atoms with E-state index in [2.05, 4.69) is 5.32 Å². The predicted octanol–water partition coefficient (Wildman–Crippen LogP) is 3.78. The van der Waals surface area contributed by atoms with Crippen molar-refractivity contribution in [2.75, 3.05) is 19.0 Å². The Morgan fingerprint density at radius 2 is 1.96 bits per heavy atom. The number of ether oxygens (including phenoxy) is 1. The molecule has 1 fully saturated rings. The van der Waals surface area contributed by atoms with Crippen molar-refractivity contribution < 1.29 is 18.7 Å². The van der Waals surface area contributed by atoms with Crippen molar-refractivity contribution >= 4 is 17.5 Å². The lowest BCUT2D eigenvalue weighted by Crippen LogP contribution is -2.30. The van der Waals surface area contributed by atoms with Crippen molar-refractivity contribution in [1.82, 2.24) is 4.90 Å². The highest BCUT2D eigenvalue weighted by Crippen LogP contribution is 2.22. The van der Waals surface area contributed by atoms with Gasteiger partial charge in [0.05, 0.1) is 6.04 Å². The second kappa shape index (κ2) is 8.31. The number of benzene rings is 2. The molecule has 0 radical (unpaired) electrons. The zero-order chi connectivity index (χ0) is 19.4. The second-order valence-corrected chi connectivity index (χ2v) is 6.72. The number of rotatable bonds is 5. The summed E-state index contributed by atoms with van der Waals surface area (Å²) in [7, 11) is 1.70. The average molecular weight is 370 g/mol. The molecule has 27 heavy (non-hydrogen) atoms. The summed E-state index contributed by atoms with van der Waals surface area (Å²) in [5, 5.41) is 2.81. The van der Waals surface area contributed by atoms with Gasteiger partial charge in [0.2, 0.25) is 0 Å². The average Bonchev–Trinajstić information content (AvgIpc) is 3.22. The quantitative estimate of drug-likeness (QED) is 0.871. The summed E-state index contributed by atoms with van der Waals surface area (Å²) in [6.07, 6.45) is 1.16. The summed E-state index contributed by atoms with van der Waals surface area (Å²) in [6, 6.07) is 12.7. The third-order valence-corrected chi connectivity index (χ3v) is 4.85. The number of halogens is 1. The number of carbonyl (C=O) groups excluding carboxylic acids is 2. The number of amides is 2. The fourth-order valence-electron chi connectivity index (χ4n) is 3.08. The summed E-state index contributed by atoms with van der Waals surface area (Å²) in [6.45, 7) is 2.48. The highest BCUT2D eigenvalue weighted by molar-refractivity contribution is 5.98. The number of nitrogens with one attached hydrogen (secondary N) is 1. The van der Waals surface area contributed by atoms with Crippen LogP contribution in [0.3, 0.4) is 0 Å². The van der Waals surface area contributed by atoms with Crippen molar-refractivity contribution in [3.63, 3.8) is 0 Å². The van der Waals surface area contributed by atoms with Gasteiger partial charge >= 0.3 is 0 Å². The maximum Gasteiger partial charge on any atom is 0.254 e. The minimum atomic E-state index is -0.425. The molecule has 6 heteroatoms. The smallest absolute Gasteiger partial charge is 0.254 e. The highest BCUT2D eigenvalue weighted by atomic mass is 19.1. The molecule has 0 saturated carbocycles. The monoisotopic (exact) mass is 370 g/mol. The van der Waals surface area contributed by atoms with E-state index in [4.69, 9.17) is 4.74 Å². The van der Waals surface area contributed by atoms with E-state index in [1.807, 2.05) is 6.92 Å². The van der Waals surface area contributed by atoms with Crippen molar-refractivity contribution in [2.45, 2.75) is 31.9 Å².